The van der Waals surface area contributed by atoms with Gasteiger partial charge in [-0.25, -0.2) is 0 Å². The lowest BCUT2D eigenvalue weighted by Gasteiger charge is -2.33. The SMILES string of the molecule is Cc1ccc(N(C(=O)c2csnn2)C(C(=O)NC(C)(C)C)c2ccncc2)cc1C. The molecule has 3 rings (SSSR count). The molecular formula is C22H25N5O2S. The smallest absolute Gasteiger partial charge is 0.280 e. The van der Waals surface area contributed by atoms with Gasteiger partial charge in [0.15, 0.2) is 5.69 Å². The number of pyridine rings is 1. The van der Waals surface area contributed by atoms with Gasteiger partial charge in [-0.3, -0.25) is 19.5 Å². The molecule has 0 fully saturated rings. The Balaban J connectivity index is 2.18. The van der Waals surface area contributed by atoms with Gasteiger partial charge in [-0.15, -0.1) is 5.10 Å². The average molecular weight is 424 g/mol. The molecule has 1 aromatic carbocycles. The molecule has 7 nitrogen and oxygen atoms in total. The van der Waals surface area contributed by atoms with Crippen LogP contribution < -0.4 is 10.2 Å². The number of carbonyl (C=O) groups excluding carboxylic acids is 2. The van der Waals surface area contributed by atoms with Crippen molar-refractivity contribution in [1.82, 2.24) is 19.9 Å². The Morgan fingerprint density at radius 1 is 1.07 bits per heavy atom. The van der Waals surface area contributed by atoms with Crippen LogP contribution in [0.2, 0.25) is 0 Å². The third-order valence-corrected chi connectivity index (χ3v) is 5.10. The zero-order valence-electron chi connectivity index (χ0n) is 17.7. The molecular weight excluding hydrogens is 398 g/mol. The number of anilines is 1. The number of carbonyl (C=O) groups is 2. The standard InChI is InChI=1S/C22H25N5O2S/c1-14-6-7-17(12-15(14)2)27(21(29)18-13-30-26-25-18)19(16-8-10-23-11-9-16)20(28)24-22(3,4)5/h6-13,19H,1-5H3,(H,24,28). The molecule has 0 spiro atoms. The maximum Gasteiger partial charge on any atom is 0.280 e. The summed E-state index contributed by atoms with van der Waals surface area (Å²) in [6.45, 7) is 9.69. The minimum absolute atomic E-state index is 0.195. The minimum Gasteiger partial charge on any atom is -0.349 e. The summed E-state index contributed by atoms with van der Waals surface area (Å²) in [7, 11) is 0. The van der Waals surface area contributed by atoms with Crippen LogP contribution in [0.3, 0.4) is 0 Å². The predicted octanol–water partition coefficient (Wildman–Crippen LogP) is 3.85. The number of nitrogens with zero attached hydrogens (tertiary/aromatic N) is 4. The predicted molar refractivity (Wildman–Crippen MR) is 118 cm³/mol. The number of amides is 2. The highest BCUT2D eigenvalue weighted by atomic mass is 32.1. The first kappa shape index (κ1) is 21.6. The van der Waals surface area contributed by atoms with Crippen LogP contribution in [0.15, 0.2) is 48.1 Å². The van der Waals surface area contributed by atoms with Crippen LogP contribution in [0.25, 0.3) is 0 Å². The first-order valence-corrected chi connectivity index (χ1v) is 10.4. The van der Waals surface area contributed by atoms with Crippen LogP contribution in [-0.2, 0) is 4.79 Å². The van der Waals surface area contributed by atoms with Gasteiger partial charge in [-0.1, -0.05) is 10.6 Å². The van der Waals surface area contributed by atoms with E-state index in [1.54, 1.807) is 29.9 Å². The Morgan fingerprint density at radius 2 is 1.77 bits per heavy atom. The molecule has 3 aromatic rings. The Morgan fingerprint density at radius 3 is 2.33 bits per heavy atom. The third kappa shape index (κ3) is 4.88. The van der Waals surface area contributed by atoms with Crippen LogP contribution >= 0.6 is 11.5 Å². The van der Waals surface area contributed by atoms with Gasteiger partial charge in [0.1, 0.15) is 6.04 Å². The van der Waals surface area contributed by atoms with Crippen molar-refractivity contribution in [2.24, 2.45) is 0 Å². The highest BCUT2D eigenvalue weighted by Crippen LogP contribution is 2.31. The second-order valence-corrected chi connectivity index (χ2v) is 8.77. The number of rotatable bonds is 5. The number of benzene rings is 1. The molecule has 0 aliphatic rings. The molecule has 2 amide bonds. The van der Waals surface area contributed by atoms with Gasteiger partial charge < -0.3 is 5.32 Å². The maximum absolute atomic E-state index is 13.5. The van der Waals surface area contributed by atoms with Gasteiger partial charge in [0.25, 0.3) is 5.91 Å². The van der Waals surface area contributed by atoms with E-state index in [1.165, 1.54) is 4.90 Å². The molecule has 1 atom stereocenters. The molecule has 2 heterocycles. The van der Waals surface area contributed by atoms with E-state index in [0.717, 1.165) is 22.7 Å². The van der Waals surface area contributed by atoms with Gasteiger partial charge in [0.05, 0.1) is 0 Å². The van der Waals surface area contributed by atoms with Crippen LogP contribution in [-0.4, -0.2) is 31.9 Å². The molecule has 1 unspecified atom stereocenters. The minimum atomic E-state index is -0.900. The van der Waals surface area contributed by atoms with Crippen LogP contribution in [0, 0.1) is 13.8 Å². The lowest BCUT2D eigenvalue weighted by atomic mass is 10.0. The summed E-state index contributed by atoms with van der Waals surface area (Å²) in [5, 5.41) is 8.54. The van der Waals surface area contributed by atoms with Gasteiger partial charge in [0.2, 0.25) is 5.91 Å². The fourth-order valence-corrected chi connectivity index (χ4v) is 3.47. The Hall–Kier alpha value is -3.13. The van der Waals surface area contributed by atoms with Crippen LogP contribution in [0.5, 0.6) is 0 Å². The molecule has 156 valence electrons. The summed E-state index contributed by atoms with van der Waals surface area (Å²) in [5.41, 5.74) is 3.11. The molecule has 0 saturated heterocycles. The zero-order chi connectivity index (χ0) is 21.9. The highest BCUT2D eigenvalue weighted by Gasteiger charge is 2.35. The normalized spacial score (nSPS) is 12.3. The van der Waals surface area contributed by atoms with Crippen LogP contribution in [0.4, 0.5) is 5.69 Å². The van der Waals surface area contributed by atoms with E-state index in [1.807, 2.05) is 52.8 Å². The van der Waals surface area contributed by atoms with Gasteiger partial charge >= 0.3 is 0 Å². The lowest BCUT2D eigenvalue weighted by Crippen LogP contribution is -2.49. The summed E-state index contributed by atoms with van der Waals surface area (Å²) in [6.07, 6.45) is 3.22. The van der Waals surface area contributed by atoms with E-state index < -0.39 is 17.5 Å². The summed E-state index contributed by atoms with van der Waals surface area (Å²) in [6, 6.07) is 8.28. The van der Waals surface area contributed by atoms with Crippen molar-refractivity contribution in [3.63, 3.8) is 0 Å². The van der Waals surface area contributed by atoms with Gasteiger partial charge in [0, 0.05) is 29.0 Å². The molecule has 30 heavy (non-hydrogen) atoms. The molecule has 1 N–H and O–H groups in total. The van der Waals surface area contributed by atoms with Crippen LogP contribution in [0.1, 0.15) is 54.0 Å². The quantitative estimate of drug-likeness (QED) is 0.673. The monoisotopic (exact) mass is 423 g/mol. The number of hydrogen-bond donors (Lipinski definition) is 1. The van der Waals surface area contributed by atoms with Gasteiger partial charge in [-0.2, -0.15) is 0 Å². The van der Waals surface area contributed by atoms with E-state index in [4.69, 9.17) is 0 Å². The molecule has 8 heteroatoms. The largest absolute Gasteiger partial charge is 0.349 e. The molecule has 0 bridgehead atoms. The molecule has 0 saturated carbocycles. The Bertz CT molecular complexity index is 1030. The lowest BCUT2D eigenvalue weighted by molar-refractivity contribution is -0.123. The highest BCUT2D eigenvalue weighted by molar-refractivity contribution is 7.03. The Kier molecular flexibility index (Phi) is 6.26. The van der Waals surface area contributed by atoms with Crippen molar-refractivity contribution < 1.29 is 9.59 Å². The number of nitrogens with one attached hydrogen (secondary N) is 1. The molecule has 2 aromatic heterocycles. The topological polar surface area (TPSA) is 88.1 Å². The van der Waals surface area contributed by atoms with E-state index in [0.29, 0.717) is 11.3 Å². The average Bonchev–Trinajstić information content (AvgIpc) is 3.22. The summed E-state index contributed by atoms with van der Waals surface area (Å²) in [5.74, 6) is -0.679. The maximum atomic E-state index is 13.5. The van der Waals surface area contributed by atoms with Crippen molar-refractivity contribution in [3.8, 4) is 0 Å². The van der Waals surface area contributed by atoms with Crippen molar-refractivity contribution >= 4 is 29.0 Å². The fourth-order valence-electron chi connectivity index (χ4n) is 3.04. The molecule has 0 aliphatic heterocycles. The summed E-state index contributed by atoms with van der Waals surface area (Å²) in [4.78, 5) is 32.5. The van der Waals surface area contributed by atoms with Crippen molar-refractivity contribution in [3.05, 3.63) is 70.5 Å². The van der Waals surface area contributed by atoms with E-state index in [9.17, 15) is 9.59 Å². The Labute approximate surface area is 180 Å². The molecule has 0 radical (unpaired) electrons. The summed E-state index contributed by atoms with van der Waals surface area (Å²) >= 11 is 1.09. The third-order valence-electron chi connectivity index (χ3n) is 4.59. The van der Waals surface area contributed by atoms with Crippen molar-refractivity contribution in [2.75, 3.05) is 4.90 Å². The molecule has 0 aliphatic carbocycles. The summed E-state index contributed by atoms with van der Waals surface area (Å²) < 4.78 is 3.82. The number of hydrogen-bond acceptors (Lipinski definition) is 6. The second kappa shape index (κ2) is 8.71. The second-order valence-electron chi connectivity index (χ2n) is 8.16. The fraction of sp³-hybridized carbons (Fsp3) is 0.318. The zero-order valence-corrected chi connectivity index (χ0v) is 18.5. The van der Waals surface area contributed by atoms with E-state index >= 15 is 0 Å². The number of aryl methyl sites for hydroxylation is 2. The van der Waals surface area contributed by atoms with Gasteiger partial charge in [-0.05, 0) is 87.1 Å². The van der Waals surface area contributed by atoms with E-state index in [2.05, 4.69) is 19.9 Å². The van der Waals surface area contributed by atoms with Crippen molar-refractivity contribution in [2.45, 2.75) is 46.2 Å². The van der Waals surface area contributed by atoms with Crippen molar-refractivity contribution in [1.29, 1.82) is 0 Å². The first-order valence-electron chi connectivity index (χ1n) is 9.57. The number of aromatic nitrogens is 3. The van der Waals surface area contributed by atoms with E-state index in [-0.39, 0.29) is 11.6 Å². The first-order chi connectivity index (χ1) is 14.2.